The second-order valence-corrected chi connectivity index (χ2v) is 4.99. The number of carbonyl (C=O) groups excluding carboxylic acids is 1. The average Bonchev–Trinajstić information content (AvgIpc) is 2.69. The van der Waals surface area contributed by atoms with E-state index in [9.17, 15) is 4.79 Å². The normalized spacial score (nSPS) is 16.9. The smallest absolute Gasteiger partial charge is 0.168 e. The van der Waals surface area contributed by atoms with Crippen molar-refractivity contribution in [3.63, 3.8) is 0 Å². The van der Waals surface area contributed by atoms with Gasteiger partial charge in [-0.15, -0.1) is 0 Å². The molecule has 2 rings (SSSR count). The topological polar surface area (TPSA) is 43.1 Å². The van der Waals surface area contributed by atoms with E-state index in [-0.39, 0.29) is 11.7 Å². The van der Waals surface area contributed by atoms with Crippen LogP contribution >= 0.6 is 15.9 Å². The molecule has 1 aliphatic carbocycles. The molecule has 1 fully saturated rings. The summed E-state index contributed by atoms with van der Waals surface area (Å²) < 4.78 is 0.919. The monoisotopic (exact) mass is 267 g/mol. The first-order valence-electron chi connectivity index (χ1n) is 5.27. The highest BCUT2D eigenvalue weighted by Gasteiger charge is 2.24. The van der Waals surface area contributed by atoms with Gasteiger partial charge >= 0.3 is 0 Å². The fourth-order valence-electron chi connectivity index (χ4n) is 2.17. The van der Waals surface area contributed by atoms with Gasteiger partial charge in [0, 0.05) is 21.6 Å². The zero-order valence-electron chi connectivity index (χ0n) is 8.50. The van der Waals surface area contributed by atoms with Crippen LogP contribution in [-0.4, -0.2) is 5.78 Å². The lowest BCUT2D eigenvalue weighted by molar-refractivity contribution is 0.0924. The van der Waals surface area contributed by atoms with Crippen molar-refractivity contribution < 1.29 is 4.79 Å². The van der Waals surface area contributed by atoms with Crippen LogP contribution in [0.2, 0.25) is 0 Å². The van der Waals surface area contributed by atoms with E-state index in [1.807, 2.05) is 12.1 Å². The minimum absolute atomic E-state index is 0.202. The third-order valence-corrected chi connectivity index (χ3v) is 3.50. The number of Topliss-reactive ketones (excluding diaryl/α,β-unsaturated/α-hetero) is 1. The van der Waals surface area contributed by atoms with Gasteiger partial charge in [0.05, 0.1) is 0 Å². The molecule has 1 saturated carbocycles. The number of halogens is 1. The summed E-state index contributed by atoms with van der Waals surface area (Å²) >= 11 is 3.34. The summed E-state index contributed by atoms with van der Waals surface area (Å²) in [4.78, 5) is 12.1. The van der Waals surface area contributed by atoms with Crippen molar-refractivity contribution >= 4 is 27.4 Å². The SMILES string of the molecule is Nc1cc(Br)ccc1C(=O)C1CCCC1. The van der Waals surface area contributed by atoms with Crippen LogP contribution in [0.4, 0.5) is 5.69 Å². The number of nitrogens with two attached hydrogens (primary N) is 1. The Kier molecular flexibility index (Phi) is 3.10. The van der Waals surface area contributed by atoms with E-state index >= 15 is 0 Å². The van der Waals surface area contributed by atoms with E-state index in [2.05, 4.69) is 15.9 Å². The van der Waals surface area contributed by atoms with Gasteiger partial charge in [0.2, 0.25) is 0 Å². The Labute approximate surface area is 98.0 Å². The Bertz CT molecular complexity index is 383. The number of hydrogen-bond acceptors (Lipinski definition) is 2. The standard InChI is InChI=1S/C12H14BrNO/c13-9-5-6-10(11(14)7-9)12(15)8-3-1-2-4-8/h5-8H,1-4,14H2. The molecular formula is C12H14BrNO. The molecule has 0 aromatic heterocycles. The van der Waals surface area contributed by atoms with Gasteiger partial charge in [-0.25, -0.2) is 0 Å². The summed E-state index contributed by atoms with van der Waals surface area (Å²) in [5, 5.41) is 0. The summed E-state index contributed by atoms with van der Waals surface area (Å²) in [5.41, 5.74) is 7.11. The fourth-order valence-corrected chi connectivity index (χ4v) is 2.54. The van der Waals surface area contributed by atoms with E-state index < -0.39 is 0 Å². The largest absolute Gasteiger partial charge is 0.398 e. The van der Waals surface area contributed by atoms with Crippen LogP contribution in [-0.2, 0) is 0 Å². The number of rotatable bonds is 2. The molecule has 0 saturated heterocycles. The summed E-state index contributed by atoms with van der Waals surface area (Å²) in [5.74, 6) is 0.422. The maximum Gasteiger partial charge on any atom is 0.168 e. The van der Waals surface area contributed by atoms with Crippen LogP contribution in [0.25, 0.3) is 0 Å². The Hall–Kier alpha value is -0.830. The third kappa shape index (κ3) is 2.23. The van der Waals surface area contributed by atoms with Crippen molar-refractivity contribution in [2.24, 2.45) is 5.92 Å². The number of benzene rings is 1. The Morgan fingerprint density at radius 2 is 2.00 bits per heavy atom. The van der Waals surface area contributed by atoms with Crippen LogP contribution < -0.4 is 5.73 Å². The summed E-state index contributed by atoms with van der Waals surface area (Å²) in [7, 11) is 0. The third-order valence-electron chi connectivity index (χ3n) is 3.01. The predicted octanol–water partition coefficient (Wildman–Crippen LogP) is 3.40. The van der Waals surface area contributed by atoms with Crippen LogP contribution in [0.15, 0.2) is 22.7 Å². The first-order chi connectivity index (χ1) is 7.18. The molecule has 15 heavy (non-hydrogen) atoms. The van der Waals surface area contributed by atoms with Gasteiger partial charge in [-0.3, -0.25) is 4.79 Å². The van der Waals surface area contributed by atoms with Gasteiger partial charge in [-0.1, -0.05) is 28.8 Å². The van der Waals surface area contributed by atoms with Gasteiger partial charge in [-0.05, 0) is 31.0 Å². The summed E-state index contributed by atoms with van der Waals surface area (Å²) in [6, 6.07) is 5.49. The van der Waals surface area contributed by atoms with Crippen molar-refractivity contribution in [2.45, 2.75) is 25.7 Å². The highest BCUT2D eigenvalue weighted by Crippen LogP contribution is 2.30. The van der Waals surface area contributed by atoms with E-state index in [1.54, 1.807) is 6.07 Å². The Morgan fingerprint density at radius 1 is 1.33 bits per heavy atom. The maximum absolute atomic E-state index is 12.1. The molecule has 0 bridgehead atoms. The zero-order chi connectivity index (χ0) is 10.8. The Morgan fingerprint density at radius 3 is 2.60 bits per heavy atom. The highest BCUT2D eigenvalue weighted by atomic mass is 79.9. The maximum atomic E-state index is 12.1. The second-order valence-electron chi connectivity index (χ2n) is 4.08. The quantitative estimate of drug-likeness (QED) is 0.659. The lowest BCUT2D eigenvalue weighted by Crippen LogP contribution is -2.13. The summed E-state index contributed by atoms with van der Waals surface area (Å²) in [6.07, 6.45) is 4.39. The van der Waals surface area contributed by atoms with E-state index in [0.717, 1.165) is 17.3 Å². The molecule has 0 spiro atoms. The minimum Gasteiger partial charge on any atom is -0.398 e. The van der Waals surface area contributed by atoms with Crippen LogP contribution in [0.1, 0.15) is 36.0 Å². The van der Waals surface area contributed by atoms with Crippen molar-refractivity contribution in [1.82, 2.24) is 0 Å². The van der Waals surface area contributed by atoms with Crippen LogP contribution in [0, 0.1) is 5.92 Å². The molecule has 0 aliphatic heterocycles. The molecule has 1 aromatic carbocycles. The first kappa shape index (κ1) is 10.7. The first-order valence-corrected chi connectivity index (χ1v) is 6.07. The predicted molar refractivity (Wildman–Crippen MR) is 64.8 cm³/mol. The van der Waals surface area contributed by atoms with Crippen LogP contribution in [0.5, 0.6) is 0 Å². The van der Waals surface area contributed by atoms with Crippen LogP contribution in [0.3, 0.4) is 0 Å². The van der Waals surface area contributed by atoms with Gasteiger partial charge < -0.3 is 5.73 Å². The molecule has 2 N–H and O–H groups in total. The second kappa shape index (κ2) is 4.35. The van der Waals surface area contributed by atoms with E-state index in [0.29, 0.717) is 11.3 Å². The molecule has 0 radical (unpaired) electrons. The van der Waals surface area contributed by atoms with Crippen molar-refractivity contribution in [3.05, 3.63) is 28.2 Å². The Balaban J connectivity index is 2.24. The summed E-state index contributed by atoms with van der Waals surface area (Å²) in [6.45, 7) is 0. The van der Waals surface area contributed by atoms with Crippen molar-refractivity contribution in [1.29, 1.82) is 0 Å². The fraction of sp³-hybridized carbons (Fsp3) is 0.417. The molecule has 3 heteroatoms. The number of carbonyl (C=O) groups is 1. The van der Waals surface area contributed by atoms with Gasteiger partial charge in [0.25, 0.3) is 0 Å². The molecule has 0 atom stereocenters. The molecule has 1 aliphatic rings. The molecular weight excluding hydrogens is 254 g/mol. The minimum atomic E-state index is 0.202. The van der Waals surface area contributed by atoms with Gasteiger partial charge in [0.15, 0.2) is 5.78 Å². The molecule has 80 valence electrons. The van der Waals surface area contributed by atoms with E-state index in [4.69, 9.17) is 5.73 Å². The highest BCUT2D eigenvalue weighted by molar-refractivity contribution is 9.10. The van der Waals surface area contributed by atoms with Gasteiger partial charge in [0.1, 0.15) is 0 Å². The number of nitrogen functional groups attached to an aromatic ring is 1. The van der Waals surface area contributed by atoms with Crippen molar-refractivity contribution in [3.8, 4) is 0 Å². The molecule has 0 heterocycles. The molecule has 2 nitrogen and oxygen atoms in total. The molecule has 0 amide bonds. The number of hydrogen-bond donors (Lipinski definition) is 1. The lowest BCUT2D eigenvalue weighted by atomic mass is 9.95. The average molecular weight is 268 g/mol. The number of ketones is 1. The van der Waals surface area contributed by atoms with Gasteiger partial charge in [-0.2, -0.15) is 0 Å². The molecule has 0 unspecified atom stereocenters. The van der Waals surface area contributed by atoms with E-state index in [1.165, 1.54) is 12.8 Å². The lowest BCUT2D eigenvalue weighted by Gasteiger charge is -2.10. The van der Waals surface area contributed by atoms with Crippen molar-refractivity contribution in [2.75, 3.05) is 5.73 Å². The zero-order valence-corrected chi connectivity index (χ0v) is 10.1. The molecule has 1 aromatic rings. The number of anilines is 1.